The Morgan fingerprint density at radius 3 is 2.78 bits per heavy atom. The number of H-pyrrole nitrogens is 1. The summed E-state index contributed by atoms with van der Waals surface area (Å²) < 4.78 is 5.09. The van der Waals surface area contributed by atoms with Gasteiger partial charge in [-0.2, -0.15) is 20.4 Å². The highest BCUT2D eigenvalue weighted by atomic mass is 16.5. The summed E-state index contributed by atoms with van der Waals surface area (Å²) >= 11 is 0. The molecule has 0 saturated heterocycles. The fourth-order valence-electron chi connectivity index (χ4n) is 1.30. The van der Waals surface area contributed by atoms with E-state index in [9.17, 15) is 4.79 Å². The molecule has 0 radical (unpaired) electrons. The van der Waals surface area contributed by atoms with E-state index in [4.69, 9.17) is 4.52 Å². The second-order valence-corrected chi connectivity index (χ2v) is 4.20. The molecule has 2 rings (SSSR count). The van der Waals surface area contributed by atoms with Crippen LogP contribution in [0.2, 0.25) is 0 Å². The van der Waals surface area contributed by atoms with Crippen LogP contribution in [0.3, 0.4) is 0 Å². The third-order valence-corrected chi connectivity index (χ3v) is 2.34. The fraction of sp³-hybridized carbons (Fsp3) is 0.500. The molecule has 2 N–H and O–H groups in total. The molecule has 1 amide bonds. The molecule has 96 valence electrons. The summed E-state index contributed by atoms with van der Waals surface area (Å²) in [5.74, 6) is 0.824. The van der Waals surface area contributed by atoms with Crippen LogP contribution in [0.5, 0.6) is 0 Å². The van der Waals surface area contributed by atoms with Crippen molar-refractivity contribution in [3.63, 3.8) is 0 Å². The highest BCUT2D eigenvalue weighted by molar-refractivity contribution is 5.91. The summed E-state index contributed by atoms with van der Waals surface area (Å²) in [5.41, 5.74) is 0.213. The summed E-state index contributed by atoms with van der Waals surface area (Å²) in [5, 5.41) is 16.1. The van der Waals surface area contributed by atoms with Crippen LogP contribution < -0.4 is 5.32 Å². The van der Waals surface area contributed by atoms with E-state index < -0.39 is 0 Å². The molecule has 8 heteroatoms. The number of hydrogen-bond donors (Lipinski definition) is 2. The lowest BCUT2D eigenvalue weighted by atomic mass is 10.2. The van der Waals surface area contributed by atoms with E-state index in [-0.39, 0.29) is 23.6 Å². The minimum absolute atomic E-state index is 0.181. The van der Waals surface area contributed by atoms with Crippen molar-refractivity contribution in [3.8, 4) is 0 Å². The largest absolute Gasteiger partial charge is 0.339 e. The Hall–Kier alpha value is -2.25. The molecule has 2 heterocycles. The van der Waals surface area contributed by atoms with Crippen LogP contribution in [-0.2, 0) is 0 Å². The molecule has 0 spiro atoms. The summed E-state index contributed by atoms with van der Waals surface area (Å²) in [6.45, 7) is 5.69. The zero-order chi connectivity index (χ0) is 13.1. The van der Waals surface area contributed by atoms with Gasteiger partial charge in [0.15, 0.2) is 11.5 Å². The van der Waals surface area contributed by atoms with Crippen molar-refractivity contribution < 1.29 is 9.32 Å². The molecule has 8 nitrogen and oxygen atoms in total. The summed E-state index contributed by atoms with van der Waals surface area (Å²) in [7, 11) is 0. The molecule has 0 fully saturated rings. The Kier molecular flexibility index (Phi) is 3.35. The van der Waals surface area contributed by atoms with E-state index >= 15 is 0 Å². The molecular weight excluding hydrogens is 236 g/mol. The number of hydrogen-bond acceptors (Lipinski definition) is 6. The van der Waals surface area contributed by atoms with Crippen LogP contribution in [0.4, 0.5) is 0 Å². The van der Waals surface area contributed by atoms with E-state index in [2.05, 4.69) is 30.9 Å². The van der Waals surface area contributed by atoms with Crippen LogP contribution in [0.1, 0.15) is 54.9 Å². The molecule has 0 unspecified atom stereocenters. The van der Waals surface area contributed by atoms with Gasteiger partial charge >= 0.3 is 0 Å². The molecule has 2 aromatic heterocycles. The van der Waals surface area contributed by atoms with Gasteiger partial charge in [-0.05, 0) is 6.92 Å². The third kappa shape index (κ3) is 2.53. The van der Waals surface area contributed by atoms with Crippen molar-refractivity contribution in [1.82, 2.24) is 30.9 Å². The summed E-state index contributed by atoms with van der Waals surface area (Å²) in [6.07, 6.45) is 1.34. The maximum absolute atomic E-state index is 11.7. The number of nitrogens with zero attached hydrogens (tertiary/aromatic N) is 4. The second-order valence-electron chi connectivity index (χ2n) is 4.20. The molecule has 0 bridgehead atoms. The van der Waals surface area contributed by atoms with Crippen molar-refractivity contribution in [2.75, 3.05) is 0 Å². The van der Waals surface area contributed by atoms with Gasteiger partial charge in [0.1, 0.15) is 6.04 Å². The highest BCUT2D eigenvalue weighted by Crippen LogP contribution is 2.14. The van der Waals surface area contributed by atoms with Crippen LogP contribution in [0, 0.1) is 0 Å². The molecule has 2 aromatic rings. The second kappa shape index (κ2) is 4.94. The average molecular weight is 250 g/mol. The normalized spacial score (nSPS) is 12.7. The minimum atomic E-state index is -0.380. The lowest BCUT2D eigenvalue weighted by molar-refractivity contribution is 0.0927. The Morgan fingerprint density at radius 2 is 2.22 bits per heavy atom. The zero-order valence-electron chi connectivity index (χ0n) is 10.3. The van der Waals surface area contributed by atoms with E-state index in [1.807, 2.05) is 13.8 Å². The molecular formula is C10H14N6O2. The summed E-state index contributed by atoms with van der Waals surface area (Å²) in [4.78, 5) is 15.9. The topological polar surface area (TPSA) is 110 Å². The molecule has 18 heavy (non-hydrogen) atoms. The fourth-order valence-corrected chi connectivity index (χ4v) is 1.30. The molecule has 0 saturated carbocycles. The van der Waals surface area contributed by atoms with Gasteiger partial charge in [-0.25, -0.2) is 0 Å². The SMILES string of the molecule is CC(C)c1noc([C@H](C)NC(=O)c2cn[nH]n2)n1. The van der Waals surface area contributed by atoms with Gasteiger partial charge in [-0.3, -0.25) is 4.79 Å². The zero-order valence-corrected chi connectivity index (χ0v) is 10.3. The Morgan fingerprint density at radius 1 is 1.44 bits per heavy atom. The van der Waals surface area contributed by atoms with E-state index in [0.29, 0.717) is 11.7 Å². The smallest absolute Gasteiger partial charge is 0.274 e. The number of aromatic amines is 1. The standard InChI is InChI=1S/C10H14N6O2/c1-5(2)8-13-10(18-15-8)6(3)12-9(17)7-4-11-16-14-7/h4-6H,1-3H3,(H,12,17)(H,11,14,16)/t6-/m0/s1. The molecule has 0 aromatic carbocycles. The van der Waals surface area contributed by atoms with Crippen LogP contribution >= 0.6 is 0 Å². The van der Waals surface area contributed by atoms with Gasteiger partial charge in [0.25, 0.3) is 5.91 Å². The Balaban J connectivity index is 2.03. The third-order valence-electron chi connectivity index (χ3n) is 2.34. The van der Waals surface area contributed by atoms with Gasteiger partial charge < -0.3 is 9.84 Å². The maximum Gasteiger partial charge on any atom is 0.274 e. The van der Waals surface area contributed by atoms with Crippen molar-refractivity contribution in [1.29, 1.82) is 0 Å². The lowest BCUT2D eigenvalue weighted by Crippen LogP contribution is -2.27. The van der Waals surface area contributed by atoms with Crippen molar-refractivity contribution in [2.24, 2.45) is 0 Å². The first-order chi connectivity index (χ1) is 8.58. The predicted octanol–water partition coefficient (Wildman–Crippen LogP) is 0.802. The van der Waals surface area contributed by atoms with E-state index in [0.717, 1.165) is 0 Å². The van der Waals surface area contributed by atoms with Gasteiger partial charge in [-0.1, -0.05) is 19.0 Å². The average Bonchev–Trinajstić information content (AvgIpc) is 3.00. The quantitative estimate of drug-likeness (QED) is 0.830. The number of carbonyl (C=O) groups excluding carboxylic acids is 1. The monoisotopic (exact) mass is 250 g/mol. The van der Waals surface area contributed by atoms with Gasteiger partial charge in [0.2, 0.25) is 5.89 Å². The first-order valence-corrected chi connectivity index (χ1v) is 5.58. The van der Waals surface area contributed by atoms with Crippen LogP contribution in [0.25, 0.3) is 0 Å². The van der Waals surface area contributed by atoms with Gasteiger partial charge in [0.05, 0.1) is 6.20 Å². The number of aromatic nitrogens is 5. The minimum Gasteiger partial charge on any atom is -0.339 e. The van der Waals surface area contributed by atoms with E-state index in [1.165, 1.54) is 6.20 Å². The molecule has 0 aliphatic rings. The maximum atomic E-state index is 11.7. The predicted molar refractivity (Wildman–Crippen MR) is 60.7 cm³/mol. The van der Waals surface area contributed by atoms with Crippen molar-refractivity contribution in [2.45, 2.75) is 32.7 Å². The number of rotatable bonds is 4. The summed E-state index contributed by atoms with van der Waals surface area (Å²) in [6, 6.07) is -0.380. The Bertz CT molecular complexity index is 518. The first-order valence-electron chi connectivity index (χ1n) is 5.58. The van der Waals surface area contributed by atoms with Gasteiger partial charge in [0, 0.05) is 5.92 Å². The number of amides is 1. The van der Waals surface area contributed by atoms with Crippen molar-refractivity contribution in [3.05, 3.63) is 23.6 Å². The number of carbonyl (C=O) groups is 1. The van der Waals surface area contributed by atoms with Gasteiger partial charge in [-0.15, -0.1) is 0 Å². The first kappa shape index (κ1) is 12.2. The number of nitrogens with one attached hydrogen (secondary N) is 2. The van der Waals surface area contributed by atoms with Crippen LogP contribution in [0.15, 0.2) is 10.7 Å². The molecule has 0 aliphatic heterocycles. The van der Waals surface area contributed by atoms with Crippen LogP contribution in [-0.4, -0.2) is 31.5 Å². The van der Waals surface area contributed by atoms with E-state index in [1.54, 1.807) is 6.92 Å². The molecule has 1 atom stereocenters. The van der Waals surface area contributed by atoms with Crippen molar-refractivity contribution >= 4 is 5.91 Å². The Labute approximate surface area is 103 Å². The lowest BCUT2D eigenvalue weighted by Gasteiger charge is -2.07. The molecule has 0 aliphatic carbocycles. The highest BCUT2D eigenvalue weighted by Gasteiger charge is 2.19.